The Morgan fingerprint density at radius 1 is 1.38 bits per heavy atom. The van der Waals surface area contributed by atoms with E-state index in [4.69, 9.17) is 11.6 Å². The number of carbonyl (C=O) groups is 1. The van der Waals surface area contributed by atoms with Crippen molar-refractivity contribution in [3.63, 3.8) is 0 Å². The van der Waals surface area contributed by atoms with E-state index in [1.54, 1.807) is 0 Å². The van der Waals surface area contributed by atoms with Gasteiger partial charge in [0.1, 0.15) is 0 Å². The molecule has 1 atom stereocenters. The lowest BCUT2D eigenvalue weighted by atomic mass is 9.82. The standard InChI is InChI=1S/C16H21ClN2O.ClH/c17-14-6-2-5-13(10-14)15-11-18-7-8-19(15)16(20)9-12-3-1-4-12;/h2,5-6,10,12,15,18H,1,3-4,7-9,11H2;1H. The van der Waals surface area contributed by atoms with Crippen molar-refractivity contribution >= 4 is 29.9 Å². The van der Waals surface area contributed by atoms with Crippen LogP contribution in [-0.2, 0) is 4.79 Å². The summed E-state index contributed by atoms with van der Waals surface area (Å²) < 4.78 is 0. The molecule has 1 heterocycles. The van der Waals surface area contributed by atoms with E-state index in [0.29, 0.717) is 11.8 Å². The van der Waals surface area contributed by atoms with E-state index in [9.17, 15) is 4.79 Å². The van der Waals surface area contributed by atoms with Gasteiger partial charge < -0.3 is 10.2 Å². The number of rotatable bonds is 3. The largest absolute Gasteiger partial charge is 0.333 e. The van der Waals surface area contributed by atoms with Gasteiger partial charge in [0, 0.05) is 31.1 Å². The zero-order valence-corrected chi connectivity index (χ0v) is 13.6. The first-order valence-electron chi connectivity index (χ1n) is 7.49. The molecular formula is C16H22Cl2N2O. The van der Waals surface area contributed by atoms with E-state index < -0.39 is 0 Å². The van der Waals surface area contributed by atoms with Crippen LogP contribution in [0.1, 0.15) is 37.3 Å². The molecule has 1 aliphatic heterocycles. The molecular weight excluding hydrogens is 307 g/mol. The van der Waals surface area contributed by atoms with Gasteiger partial charge in [-0.05, 0) is 36.5 Å². The Morgan fingerprint density at radius 2 is 2.19 bits per heavy atom. The molecule has 3 rings (SSSR count). The van der Waals surface area contributed by atoms with Crippen molar-refractivity contribution in [2.45, 2.75) is 31.7 Å². The van der Waals surface area contributed by atoms with Crippen LogP contribution in [0.3, 0.4) is 0 Å². The van der Waals surface area contributed by atoms with E-state index in [1.807, 2.05) is 23.1 Å². The Balaban J connectivity index is 0.00000161. The highest BCUT2D eigenvalue weighted by atomic mass is 35.5. The van der Waals surface area contributed by atoms with Crippen molar-refractivity contribution in [2.24, 2.45) is 5.92 Å². The number of nitrogens with zero attached hydrogens (tertiary/aromatic N) is 1. The van der Waals surface area contributed by atoms with Crippen LogP contribution in [0, 0.1) is 5.92 Å². The van der Waals surface area contributed by atoms with Gasteiger partial charge >= 0.3 is 0 Å². The number of benzene rings is 1. The molecule has 0 spiro atoms. The summed E-state index contributed by atoms with van der Waals surface area (Å²) in [5.41, 5.74) is 1.13. The van der Waals surface area contributed by atoms with Gasteiger partial charge in [0.15, 0.2) is 0 Å². The topological polar surface area (TPSA) is 32.3 Å². The van der Waals surface area contributed by atoms with Crippen LogP contribution in [0.5, 0.6) is 0 Å². The molecule has 2 fully saturated rings. The molecule has 0 bridgehead atoms. The van der Waals surface area contributed by atoms with Gasteiger partial charge in [0.05, 0.1) is 6.04 Å². The number of carbonyl (C=O) groups excluding carboxylic acids is 1. The summed E-state index contributed by atoms with van der Waals surface area (Å²) >= 11 is 6.08. The van der Waals surface area contributed by atoms with Crippen molar-refractivity contribution in [3.8, 4) is 0 Å². The molecule has 2 aliphatic rings. The third-order valence-electron chi connectivity index (χ3n) is 4.49. The first-order valence-corrected chi connectivity index (χ1v) is 7.87. The molecule has 5 heteroatoms. The highest BCUT2D eigenvalue weighted by molar-refractivity contribution is 6.30. The minimum Gasteiger partial charge on any atom is -0.333 e. The first-order chi connectivity index (χ1) is 9.74. The van der Waals surface area contributed by atoms with Gasteiger partial charge in [-0.3, -0.25) is 4.79 Å². The van der Waals surface area contributed by atoms with E-state index in [0.717, 1.165) is 36.6 Å². The monoisotopic (exact) mass is 328 g/mol. The second-order valence-corrected chi connectivity index (χ2v) is 6.30. The lowest BCUT2D eigenvalue weighted by Crippen LogP contribution is -2.49. The van der Waals surface area contributed by atoms with Crippen molar-refractivity contribution in [1.82, 2.24) is 10.2 Å². The second kappa shape index (κ2) is 7.48. The van der Waals surface area contributed by atoms with Crippen molar-refractivity contribution in [2.75, 3.05) is 19.6 Å². The Hall–Kier alpha value is -0.770. The number of amides is 1. The Labute approximate surface area is 137 Å². The molecule has 1 aliphatic carbocycles. The molecule has 1 unspecified atom stereocenters. The maximum absolute atomic E-state index is 12.5. The highest BCUT2D eigenvalue weighted by Crippen LogP contribution is 2.32. The van der Waals surface area contributed by atoms with Crippen molar-refractivity contribution in [3.05, 3.63) is 34.9 Å². The van der Waals surface area contributed by atoms with E-state index in [1.165, 1.54) is 19.3 Å². The molecule has 116 valence electrons. The van der Waals surface area contributed by atoms with Gasteiger partial charge in [0.2, 0.25) is 5.91 Å². The Morgan fingerprint density at radius 3 is 2.86 bits per heavy atom. The Bertz CT molecular complexity index is 491. The second-order valence-electron chi connectivity index (χ2n) is 5.86. The van der Waals surface area contributed by atoms with Crippen LogP contribution in [0.15, 0.2) is 24.3 Å². The average molecular weight is 329 g/mol. The summed E-state index contributed by atoms with van der Waals surface area (Å²) in [7, 11) is 0. The molecule has 3 nitrogen and oxygen atoms in total. The van der Waals surface area contributed by atoms with Gasteiger partial charge in [0.25, 0.3) is 0 Å². The summed E-state index contributed by atoms with van der Waals surface area (Å²) in [5.74, 6) is 0.929. The van der Waals surface area contributed by atoms with E-state index in [2.05, 4.69) is 11.4 Å². The first kappa shape index (κ1) is 16.6. The average Bonchev–Trinajstić information content (AvgIpc) is 2.43. The highest BCUT2D eigenvalue weighted by Gasteiger charge is 2.30. The third-order valence-corrected chi connectivity index (χ3v) is 4.72. The zero-order chi connectivity index (χ0) is 13.9. The quantitative estimate of drug-likeness (QED) is 0.921. The maximum atomic E-state index is 12.5. The van der Waals surface area contributed by atoms with Crippen molar-refractivity contribution < 1.29 is 4.79 Å². The van der Waals surface area contributed by atoms with Crippen LogP contribution in [0.4, 0.5) is 0 Å². The van der Waals surface area contributed by atoms with E-state index >= 15 is 0 Å². The predicted molar refractivity (Wildman–Crippen MR) is 88.0 cm³/mol. The van der Waals surface area contributed by atoms with E-state index in [-0.39, 0.29) is 18.4 Å². The van der Waals surface area contributed by atoms with Crippen LogP contribution in [-0.4, -0.2) is 30.4 Å². The van der Waals surface area contributed by atoms with Crippen molar-refractivity contribution in [1.29, 1.82) is 0 Å². The number of nitrogens with one attached hydrogen (secondary N) is 1. The fourth-order valence-electron chi connectivity index (χ4n) is 3.08. The molecule has 1 saturated heterocycles. The molecule has 1 saturated carbocycles. The Kier molecular flexibility index (Phi) is 5.91. The molecule has 1 N–H and O–H groups in total. The summed E-state index contributed by atoms with van der Waals surface area (Å²) in [4.78, 5) is 14.6. The maximum Gasteiger partial charge on any atom is 0.223 e. The normalized spacial score (nSPS) is 22.3. The van der Waals surface area contributed by atoms with Gasteiger partial charge in [-0.2, -0.15) is 0 Å². The number of hydrogen-bond acceptors (Lipinski definition) is 2. The summed E-state index contributed by atoms with van der Waals surface area (Å²) in [5, 5.41) is 4.12. The molecule has 1 amide bonds. The molecule has 1 aromatic carbocycles. The minimum atomic E-state index is 0. The van der Waals surface area contributed by atoms with Gasteiger partial charge in [-0.15, -0.1) is 12.4 Å². The number of piperazine rings is 1. The summed E-state index contributed by atoms with van der Waals surface area (Å²) in [6.45, 7) is 2.49. The van der Waals surface area contributed by atoms with Crippen LogP contribution >= 0.6 is 24.0 Å². The SMILES string of the molecule is Cl.O=C(CC1CCC1)N1CCNCC1c1cccc(Cl)c1. The number of halogens is 2. The smallest absolute Gasteiger partial charge is 0.223 e. The molecule has 1 aromatic rings. The predicted octanol–water partition coefficient (Wildman–Crippen LogP) is 3.42. The molecule has 0 radical (unpaired) electrons. The fourth-order valence-corrected chi connectivity index (χ4v) is 3.27. The molecule has 21 heavy (non-hydrogen) atoms. The van der Waals surface area contributed by atoms with Gasteiger partial charge in [-0.1, -0.05) is 30.2 Å². The lowest BCUT2D eigenvalue weighted by molar-refractivity contribution is -0.136. The fraction of sp³-hybridized carbons (Fsp3) is 0.562. The zero-order valence-electron chi connectivity index (χ0n) is 12.1. The summed E-state index contributed by atoms with van der Waals surface area (Å²) in [6, 6.07) is 7.99. The lowest BCUT2D eigenvalue weighted by Gasteiger charge is -2.38. The summed E-state index contributed by atoms with van der Waals surface area (Å²) in [6.07, 6.45) is 4.45. The van der Waals surface area contributed by atoms with Crippen LogP contribution < -0.4 is 5.32 Å². The van der Waals surface area contributed by atoms with Gasteiger partial charge in [-0.25, -0.2) is 0 Å². The van der Waals surface area contributed by atoms with Crippen LogP contribution in [0.25, 0.3) is 0 Å². The molecule has 0 aromatic heterocycles. The minimum absolute atomic E-state index is 0. The van der Waals surface area contributed by atoms with Crippen LogP contribution in [0.2, 0.25) is 5.02 Å². The number of hydrogen-bond donors (Lipinski definition) is 1. The third kappa shape index (κ3) is 3.91.